The molecule has 0 spiro atoms. The standard InChI is InChI=1S/C16H25FO4/c1-11-5-4-6-13(17)14(18)7-9-16(3,20)10-8-15(19)21-12(11)2/h6,8,10-12,14,18,20H,4-5,7,9H2,1-3H3/b10-8+,13-6-/t11-,12+,14-,16+/m0/s1. The summed E-state index contributed by atoms with van der Waals surface area (Å²) >= 11 is 0. The fourth-order valence-electron chi connectivity index (χ4n) is 2.09. The molecule has 0 amide bonds. The lowest BCUT2D eigenvalue weighted by molar-refractivity contribution is -0.144. The van der Waals surface area contributed by atoms with Gasteiger partial charge >= 0.3 is 5.97 Å². The van der Waals surface area contributed by atoms with E-state index in [9.17, 15) is 19.4 Å². The lowest BCUT2D eigenvalue weighted by atomic mass is 9.95. The van der Waals surface area contributed by atoms with E-state index >= 15 is 0 Å². The summed E-state index contributed by atoms with van der Waals surface area (Å²) in [4.78, 5) is 11.7. The zero-order chi connectivity index (χ0) is 16.0. The van der Waals surface area contributed by atoms with Crippen molar-refractivity contribution in [2.24, 2.45) is 5.92 Å². The summed E-state index contributed by atoms with van der Waals surface area (Å²) < 4.78 is 19.0. The zero-order valence-electron chi connectivity index (χ0n) is 12.9. The molecule has 0 saturated heterocycles. The van der Waals surface area contributed by atoms with E-state index in [0.717, 1.165) is 0 Å². The van der Waals surface area contributed by atoms with E-state index in [-0.39, 0.29) is 24.9 Å². The van der Waals surface area contributed by atoms with Crippen LogP contribution in [0.5, 0.6) is 0 Å². The number of allylic oxidation sites excluding steroid dienone is 1. The lowest BCUT2D eigenvalue weighted by Crippen LogP contribution is -2.25. The zero-order valence-corrected chi connectivity index (χ0v) is 12.9. The van der Waals surface area contributed by atoms with Gasteiger partial charge in [-0.3, -0.25) is 0 Å². The number of ether oxygens (including phenoxy) is 1. The quantitative estimate of drug-likeness (QED) is 0.675. The lowest BCUT2D eigenvalue weighted by Gasteiger charge is -2.22. The molecule has 2 N–H and O–H groups in total. The van der Waals surface area contributed by atoms with E-state index < -0.39 is 23.5 Å². The number of hydrogen-bond donors (Lipinski definition) is 2. The number of halogens is 1. The Balaban J connectivity index is 2.87. The largest absolute Gasteiger partial charge is 0.459 e. The predicted molar refractivity (Wildman–Crippen MR) is 78.1 cm³/mol. The number of esters is 1. The van der Waals surface area contributed by atoms with Crippen LogP contribution in [0, 0.1) is 5.92 Å². The minimum Gasteiger partial charge on any atom is -0.459 e. The van der Waals surface area contributed by atoms with Crippen molar-refractivity contribution < 1.29 is 24.1 Å². The van der Waals surface area contributed by atoms with Crippen molar-refractivity contribution in [1.82, 2.24) is 0 Å². The van der Waals surface area contributed by atoms with Crippen LogP contribution in [0.4, 0.5) is 4.39 Å². The van der Waals surface area contributed by atoms with Crippen LogP contribution in [-0.2, 0) is 9.53 Å². The summed E-state index contributed by atoms with van der Waals surface area (Å²) in [6.07, 6.45) is 3.73. The molecule has 0 saturated carbocycles. The highest BCUT2D eigenvalue weighted by molar-refractivity contribution is 5.82. The van der Waals surface area contributed by atoms with Gasteiger partial charge in [-0.05, 0) is 51.5 Å². The second kappa shape index (κ2) is 7.71. The Morgan fingerprint density at radius 3 is 2.71 bits per heavy atom. The molecule has 1 aliphatic rings. The van der Waals surface area contributed by atoms with Gasteiger partial charge in [0.25, 0.3) is 0 Å². The molecule has 0 aliphatic carbocycles. The Morgan fingerprint density at radius 2 is 2.05 bits per heavy atom. The highest BCUT2D eigenvalue weighted by atomic mass is 19.1. The molecule has 0 aromatic rings. The summed E-state index contributed by atoms with van der Waals surface area (Å²) in [7, 11) is 0. The summed E-state index contributed by atoms with van der Waals surface area (Å²) in [6, 6.07) is 0. The average Bonchev–Trinajstić information content (AvgIpc) is 2.41. The number of carbonyl (C=O) groups is 1. The number of aliphatic hydroxyl groups is 2. The molecule has 0 unspecified atom stereocenters. The van der Waals surface area contributed by atoms with Gasteiger partial charge in [-0.2, -0.15) is 0 Å². The van der Waals surface area contributed by atoms with Gasteiger partial charge in [0.1, 0.15) is 18.0 Å². The van der Waals surface area contributed by atoms with Crippen LogP contribution in [-0.4, -0.2) is 34.0 Å². The van der Waals surface area contributed by atoms with E-state index in [1.54, 1.807) is 6.92 Å². The second-order valence-electron chi connectivity index (χ2n) is 6.03. The molecule has 0 aromatic carbocycles. The number of aliphatic hydroxyl groups excluding tert-OH is 1. The van der Waals surface area contributed by atoms with Crippen molar-refractivity contribution in [2.45, 2.75) is 64.3 Å². The van der Waals surface area contributed by atoms with Crippen molar-refractivity contribution >= 4 is 5.97 Å². The second-order valence-corrected chi connectivity index (χ2v) is 6.03. The first-order valence-electron chi connectivity index (χ1n) is 7.37. The van der Waals surface area contributed by atoms with E-state index in [1.165, 1.54) is 25.2 Å². The molecule has 1 aliphatic heterocycles. The van der Waals surface area contributed by atoms with Crippen molar-refractivity contribution in [3.8, 4) is 0 Å². The van der Waals surface area contributed by atoms with Gasteiger partial charge in [0.15, 0.2) is 0 Å². The molecule has 120 valence electrons. The van der Waals surface area contributed by atoms with Gasteiger partial charge in [0, 0.05) is 6.08 Å². The highest BCUT2D eigenvalue weighted by Crippen LogP contribution is 2.22. The molecule has 0 bridgehead atoms. The maximum Gasteiger partial charge on any atom is 0.330 e. The number of carbonyl (C=O) groups excluding carboxylic acids is 1. The van der Waals surface area contributed by atoms with Crippen LogP contribution >= 0.6 is 0 Å². The minimum atomic E-state index is -1.29. The van der Waals surface area contributed by atoms with Crippen molar-refractivity contribution in [3.05, 3.63) is 24.1 Å². The van der Waals surface area contributed by atoms with Gasteiger partial charge in [-0.25, -0.2) is 9.18 Å². The Hall–Kier alpha value is -1.20. The molecular weight excluding hydrogens is 275 g/mol. The Labute approximate surface area is 125 Å². The molecule has 0 radical (unpaired) electrons. The first-order chi connectivity index (χ1) is 9.71. The number of rotatable bonds is 0. The van der Waals surface area contributed by atoms with E-state index in [1.807, 2.05) is 6.92 Å². The fraction of sp³-hybridized carbons (Fsp3) is 0.688. The van der Waals surface area contributed by atoms with E-state index in [0.29, 0.717) is 12.8 Å². The van der Waals surface area contributed by atoms with E-state index in [4.69, 9.17) is 4.74 Å². The molecule has 4 atom stereocenters. The predicted octanol–water partition coefficient (Wildman–Crippen LogP) is 2.65. The number of cyclic esters (lactones) is 1. The van der Waals surface area contributed by atoms with Gasteiger partial charge in [-0.1, -0.05) is 13.0 Å². The fourth-order valence-corrected chi connectivity index (χ4v) is 2.09. The molecule has 5 heteroatoms. The first-order valence-corrected chi connectivity index (χ1v) is 7.37. The Bertz CT molecular complexity index is 415. The molecule has 1 rings (SSSR count). The van der Waals surface area contributed by atoms with Crippen LogP contribution in [0.2, 0.25) is 0 Å². The SMILES string of the molecule is C[C@H]1CC/C=C(\F)[C@@H](O)CC[C@@](C)(O)/C=C/C(=O)O[C@@H]1C. The van der Waals surface area contributed by atoms with Crippen LogP contribution in [0.15, 0.2) is 24.1 Å². The third kappa shape index (κ3) is 6.40. The van der Waals surface area contributed by atoms with Gasteiger partial charge in [-0.15, -0.1) is 0 Å². The molecule has 0 fully saturated rings. The van der Waals surface area contributed by atoms with Crippen molar-refractivity contribution in [1.29, 1.82) is 0 Å². The van der Waals surface area contributed by atoms with Crippen molar-refractivity contribution in [3.63, 3.8) is 0 Å². The van der Waals surface area contributed by atoms with Crippen LogP contribution in [0.3, 0.4) is 0 Å². The number of hydrogen-bond acceptors (Lipinski definition) is 4. The van der Waals surface area contributed by atoms with Crippen LogP contribution in [0.25, 0.3) is 0 Å². The third-order valence-corrected chi connectivity index (χ3v) is 3.89. The normalized spacial score (nSPS) is 40.6. The third-order valence-electron chi connectivity index (χ3n) is 3.89. The summed E-state index contributed by atoms with van der Waals surface area (Å²) in [5.74, 6) is -0.996. The summed E-state index contributed by atoms with van der Waals surface area (Å²) in [5.41, 5.74) is -1.29. The highest BCUT2D eigenvalue weighted by Gasteiger charge is 2.22. The van der Waals surface area contributed by atoms with Gasteiger partial charge in [0.2, 0.25) is 0 Å². The van der Waals surface area contributed by atoms with Gasteiger partial charge < -0.3 is 14.9 Å². The molecule has 1 heterocycles. The van der Waals surface area contributed by atoms with E-state index in [2.05, 4.69) is 0 Å². The summed E-state index contributed by atoms with van der Waals surface area (Å²) in [5, 5.41) is 19.8. The monoisotopic (exact) mass is 300 g/mol. The molecule has 21 heavy (non-hydrogen) atoms. The van der Waals surface area contributed by atoms with Gasteiger partial charge in [0.05, 0.1) is 5.60 Å². The smallest absolute Gasteiger partial charge is 0.330 e. The van der Waals surface area contributed by atoms with Crippen LogP contribution < -0.4 is 0 Å². The maximum atomic E-state index is 13.7. The first kappa shape index (κ1) is 17.9. The summed E-state index contributed by atoms with van der Waals surface area (Å²) in [6.45, 7) is 5.21. The topological polar surface area (TPSA) is 66.8 Å². The average molecular weight is 300 g/mol. The molecular formula is C16H25FO4. The maximum absolute atomic E-state index is 13.7. The van der Waals surface area contributed by atoms with Crippen LogP contribution in [0.1, 0.15) is 46.5 Å². The van der Waals surface area contributed by atoms with Crippen molar-refractivity contribution in [2.75, 3.05) is 0 Å². The minimum absolute atomic E-state index is 0.0759. The Morgan fingerprint density at radius 1 is 1.38 bits per heavy atom. The Kier molecular flexibility index (Phi) is 6.55. The molecule has 4 nitrogen and oxygen atoms in total. The molecule has 0 aromatic heterocycles.